The van der Waals surface area contributed by atoms with Crippen molar-refractivity contribution in [1.82, 2.24) is 0 Å². The molecule has 0 aromatic heterocycles. The van der Waals surface area contributed by atoms with Crippen LogP contribution in [0.5, 0.6) is 5.75 Å². The average Bonchev–Trinajstić information content (AvgIpc) is 2.90. The molecule has 0 spiro atoms. The summed E-state index contributed by atoms with van der Waals surface area (Å²) in [7, 11) is 0. The van der Waals surface area contributed by atoms with Crippen LogP contribution in [0.2, 0.25) is 0 Å². The van der Waals surface area contributed by atoms with E-state index >= 15 is 0 Å². The number of carbonyl (C=O) groups is 1. The van der Waals surface area contributed by atoms with E-state index < -0.39 is 23.5 Å². The first-order valence-corrected chi connectivity index (χ1v) is 12.6. The Hall–Kier alpha value is -3.04. The predicted octanol–water partition coefficient (Wildman–Crippen LogP) is 2.94. The second kappa shape index (κ2) is 12.2. The molecule has 38 heavy (non-hydrogen) atoms. The molecular weight excluding hydrogens is 561 g/mol. The Morgan fingerprint density at radius 3 is 2.39 bits per heavy atom. The zero-order valence-electron chi connectivity index (χ0n) is 20.9. The molecule has 0 saturated carbocycles. The molecule has 5 nitrogen and oxygen atoms in total. The van der Waals surface area contributed by atoms with Gasteiger partial charge in [-0.15, -0.1) is 0 Å². The lowest BCUT2D eigenvalue weighted by molar-refractivity contribution is -0.946. The number of halogens is 4. The van der Waals surface area contributed by atoms with Crippen molar-refractivity contribution < 1.29 is 48.9 Å². The molecule has 3 heterocycles. The molecule has 1 atom stereocenters. The van der Waals surface area contributed by atoms with Gasteiger partial charge in [0.15, 0.2) is 17.7 Å². The van der Waals surface area contributed by atoms with Crippen LogP contribution >= 0.6 is 0 Å². The molecule has 3 aliphatic heterocycles. The molecule has 6 rings (SSSR count). The molecule has 1 amide bonds. The Labute approximate surface area is 231 Å². The van der Waals surface area contributed by atoms with E-state index in [0.717, 1.165) is 54.8 Å². The summed E-state index contributed by atoms with van der Waals surface area (Å²) in [4.78, 5) is 14.7. The van der Waals surface area contributed by atoms with Crippen LogP contribution in [0.25, 0.3) is 0 Å². The fraction of sp³-hybridized carbons (Fsp3) is 0.345. The number of amides is 1. The lowest BCUT2D eigenvalue weighted by atomic mass is 9.83. The zero-order valence-corrected chi connectivity index (χ0v) is 22.5. The SMILES string of the molecule is O=C(O[C@H]1C[N+]2(CCOc3ccccc3)CCC1CC2)N(Cc1ccc(F)c(F)c1)c1cccc(F)c1.[Br-]. The van der Waals surface area contributed by atoms with Gasteiger partial charge in [0.2, 0.25) is 0 Å². The van der Waals surface area contributed by atoms with Gasteiger partial charge in [0.1, 0.15) is 31.3 Å². The van der Waals surface area contributed by atoms with Gasteiger partial charge < -0.3 is 30.9 Å². The third-order valence-electron chi connectivity index (χ3n) is 7.54. The number of rotatable bonds is 8. The zero-order chi connectivity index (χ0) is 25.8. The third kappa shape index (κ3) is 6.50. The quantitative estimate of drug-likeness (QED) is 0.379. The van der Waals surface area contributed by atoms with Crippen molar-refractivity contribution in [2.75, 3.05) is 37.7 Å². The van der Waals surface area contributed by atoms with E-state index in [4.69, 9.17) is 9.47 Å². The molecule has 0 aliphatic carbocycles. The molecule has 3 saturated heterocycles. The number of ether oxygens (including phenoxy) is 2. The smallest absolute Gasteiger partial charge is 0.415 e. The fourth-order valence-electron chi connectivity index (χ4n) is 5.46. The Morgan fingerprint density at radius 2 is 1.68 bits per heavy atom. The first kappa shape index (κ1) is 28.0. The number of fused-ring (bicyclic) bond motifs is 3. The molecule has 9 heteroatoms. The van der Waals surface area contributed by atoms with Crippen molar-refractivity contribution in [1.29, 1.82) is 0 Å². The van der Waals surface area contributed by atoms with Crippen molar-refractivity contribution in [2.24, 2.45) is 5.92 Å². The van der Waals surface area contributed by atoms with E-state index in [9.17, 15) is 18.0 Å². The van der Waals surface area contributed by atoms with E-state index in [2.05, 4.69) is 0 Å². The summed E-state index contributed by atoms with van der Waals surface area (Å²) in [5, 5.41) is 0. The van der Waals surface area contributed by atoms with Gasteiger partial charge in [-0.25, -0.2) is 18.0 Å². The number of hydrogen-bond donors (Lipinski definition) is 0. The Morgan fingerprint density at radius 1 is 0.921 bits per heavy atom. The first-order chi connectivity index (χ1) is 17.9. The number of benzene rings is 3. The summed E-state index contributed by atoms with van der Waals surface area (Å²) in [5.74, 6) is -1.39. The Balaban J connectivity index is 0.00000336. The van der Waals surface area contributed by atoms with Gasteiger partial charge in [0.05, 0.1) is 25.3 Å². The fourth-order valence-corrected chi connectivity index (χ4v) is 5.46. The van der Waals surface area contributed by atoms with Crippen LogP contribution in [-0.4, -0.2) is 49.5 Å². The summed E-state index contributed by atoms with van der Waals surface area (Å²) in [6, 6.07) is 18.7. The van der Waals surface area contributed by atoms with Gasteiger partial charge in [-0.2, -0.15) is 0 Å². The number of quaternary nitrogens is 1. The minimum Gasteiger partial charge on any atom is -1.00 e. The van der Waals surface area contributed by atoms with Crippen LogP contribution in [0.3, 0.4) is 0 Å². The first-order valence-electron chi connectivity index (χ1n) is 12.6. The average molecular weight is 591 g/mol. The summed E-state index contributed by atoms with van der Waals surface area (Å²) in [6.07, 6.45) is 0.985. The van der Waals surface area contributed by atoms with Crippen LogP contribution in [0.4, 0.5) is 23.7 Å². The molecule has 0 unspecified atom stereocenters. The van der Waals surface area contributed by atoms with Crippen molar-refractivity contribution >= 4 is 11.8 Å². The van der Waals surface area contributed by atoms with Gasteiger partial charge in [-0.05, 0) is 48.0 Å². The highest BCUT2D eigenvalue weighted by Gasteiger charge is 2.48. The summed E-state index contributed by atoms with van der Waals surface area (Å²) < 4.78 is 54.1. The molecule has 3 aromatic carbocycles. The normalized spacial score (nSPS) is 21.9. The van der Waals surface area contributed by atoms with Crippen molar-refractivity contribution in [2.45, 2.75) is 25.5 Å². The van der Waals surface area contributed by atoms with Gasteiger partial charge in [-0.1, -0.05) is 30.3 Å². The molecular formula is C29H30BrF3N2O3. The molecule has 3 aromatic rings. The van der Waals surface area contributed by atoms with Crippen molar-refractivity contribution in [3.05, 3.63) is 95.8 Å². The maximum Gasteiger partial charge on any atom is 0.415 e. The number of carbonyl (C=O) groups excluding carboxylic acids is 1. The summed E-state index contributed by atoms with van der Waals surface area (Å²) in [6.45, 7) is 4.02. The minimum absolute atomic E-state index is 0. The van der Waals surface area contributed by atoms with Crippen LogP contribution in [0.15, 0.2) is 72.8 Å². The highest BCUT2D eigenvalue weighted by molar-refractivity contribution is 5.87. The molecule has 0 radical (unpaired) electrons. The summed E-state index contributed by atoms with van der Waals surface area (Å²) in [5.41, 5.74) is 0.659. The van der Waals surface area contributed by atoms with E-state index in [1.807, 2.05) is 30.3 Å². The highest BCUT2D eigenvalue weighted by atomic mass is 79.9. The predicted molar refractivity (Wildman–Crippen MR) is 134 cm³/mol. The number of piperidine rings is 3. The van der Waals surface area contributed by atoms with Gasteiger partial charge in [-0.3, -0.25) is 4.90 Å². The molecule has 2 bridgehead atoms. The molecule has 0 N–H and O–H groups in total. The minimum atomic E-state index is -1.01. The lowest BCUT2D eigenvalue weighted by Gasteiger charge is -2.52. The Kier molecular flexibility index (Phi) is 8.99. The van der Waals surface area contributed by atoms with Gasteiger partial charge in [0, 0.05) is 18.8 Å². The van der Waals surface area contributed by atoms with E-state index in [1.54, 1.807) is 6.07 Å². The molecule has 3 aliphatic rings. The highest BCUT2D eigenvalue weighted by Crippen LogP contribution is 2.36. The van der Waals surface area contributed by atoms with E-state index in [1.165, 1.54) is 29.2 Å². The topological polar surface area (TPSA) is 38.8 Å². The largest absolute Gasteiger partial charge is 1.00 e. The Bertz CT molecular complexity index is 1240. The second-order valence-electron chi connectivity index (χ2n) is 9.93. The van der Waals surface area contributed by atoms with Crippen LogP contribution in [0.1, 0.15) is 18.4 Å². The van der Waals surface area contributed by atoms with Crippen LogP contribution < -0.4 is 26.6 Å². The lowest BCUT2D eigenvalue weighted by Crippen LogP contribution is -3.00. The summed E-state index contributed by atoms with van der Waals surface area (Å²) >= 11 is 0. The third-order valence-corrected chi connectivity index (χ3v) is 7.54. The van der Waals surface area contributed by atoms with Crippen LogP contribution in [0, 0.1) is 23.4 Å². The van der Waals surface area contributed by atoms with Crippen LogP contribution in [-0.2, 0) is 11.3 Å². The molecule has 3 fully saturated rings. The van der Waals surface area contributed by atoms with Crippen molar-refractivity contribution in [3.8, 4) is 5.75 Å². The van der Waals surface area contributed by atoms with E-state index in [0.29, 0.717) is 18.7 Å². The van der Waals surface area contributed by atoms with E-state index in [-0.39, 0.29) is 41.2 Å². The number of anilines is 1. The molecule has 202 valence electrons. The second-order valence-corrected chi connectivity index (χ2v) is 9.93. The number of hydrogen-bond acceptors (Lipinski definition) is 3. The number of nitrogens with zero attached hydrogens (tertiary/aromatic N) is 2. The standard InChI is InChI=1S/C29H30F3N2O3.BrH/c30-23-5-4-6-24(18-23)33(19-21-9-10-26(31)27(32)17-21)29(35)37-28-20-34(13-11-22(28)12-14-34)15-16-36-25-7-2-1-3-8-25;/h1-10,17-18,22,28H,11-16,19-20H2;1H/q+1;/p-1/t22?,28-,34?;/m0./s1. The van der Waals surface area contributed by atoms with Gasteiger partial charge >= 0.3 is 6.09 Å². The monoisotopic (exact) mass is 590 g/mol. The van der Waals surface area contributed by atoms with Gasteiger partial charge in [0.25, 0.3) is 0 Å². The van der Waals surface area contributed by atoms with Crippen molar-refractivity contribution in [3.63, 3.8) is 0 Å². The number of para-hydroxylation sites is 1. The maximum absolute atomic E-state index is 14.0. The maximum atomic E-state index is 14.0.